The van der Waals surface area contributed by atoms with Crippen molar-refractivity contribution in [3.05, 3.63) is 71.6 Å². The van der Waals surface area contributed by atoms with Gasteiger partial charge in [-0.1, -0.05) is 35.6 Å². The Morgan fingerprint density at radius 2 is 1.78 bits per heavy atom. The number of carbonyl (C=O) groups is 2. The third-order valence-corrected chi connectivity index (χ3v) is 7.88. The monoisotopic (exact) mass is 517 g/mol. The molecular weight excluding hydrogens is 486 g/mol. The van der Waals surface area contributed by atoms with Crippen molar-refractivity contribution in [1.82, 2.24) is 14.8 Å². The Labute approximate surface area is 221 Å². The predicted octanol–water partition coefficient (Wildman–Crippen LogP) is 3.86. The number of thiazole rings is 1. The maximum absolute atomic E-state index is 12.4. The number of benzene rings is 2. The van der Waals surface area contributed by atoms with Crippen LogP contribution in [0.25, 0.3) is 11.3 Å². The summed E-state index contributed by atoms with van der Waals surface area (Å²) in [7, 11) is 3.95. The second-order valence-corrected chi connectivity index (χ2v) is 11.0. The van der Waals surface area contributed by atoms with Crippen LogP contribution >= 0.6 is 11.3 Å². The van der Waals surface area contributed by atoms with Crippen LogP contribution < -0.4 is 15.4 Å². The van der Waals surface area contributed by atoms with E-state index in [2.05, 4.69) is 4.90 Å². The van der Waals surface area contributed by atoms with Crippen LogP contribution in [0.4, 0.5) is 5.13 Å². The van der Waals surface area contributed by atoms with Crippen molar-refractivity contribution in [3.63, 3.8) is 0 Å². The Bertz CT molecular complexity index is 1300. The average Bonchev–Trinajstić information content (AvgIpc) is 3.50. The Balaban J connectivity index is 1.26. The van der Waals surface area contributed by atoms with Crippen molar-refractivity contribution in [1.29, 1.82) is 0 Å². The van der Waals surface area contributed by atoms with Gasteiger partial charge in [-0.25, -0.2) is 4.98 Å². The number of likely N-dealkylation sites (N-methyl/N-ethyl adjacent to an activating group) is 1. The Morgan fingerprint density at radius 1 is 1.08 bits per heavy atom. The van der Waals surface area contributed by atoms with Gasteiger partial charge < -0.3 is 25.2 Å². The molecule has 8 nitrogen and oxygen atoms in total. The molecule has 2 aliphatic rings. The molecule has 2 aromatic carbocycles. The fourth-order valence-corrected chi connectivity index (χ4v) is 5.82. The molecule has 2 saturated heterocycles. The van der Waals surface area contributed by atoms with E-state index in [0.29, 0.717) is 16.3 Å². The van der Waals surface area contributed by atoms with Gasteiger partial charge in [-0.05, 0) is 56.9 Å². The van der Waals surface area contributed by atoms with Crippen LogP contribution in [0.15, 0.2) is 66.7 Å². The molecule has 3 aromatic rings. The first kappa shape index (κ1) is 25.0. The van der Waals surface area contributed by atoms with Gasteiger partial charge in [0.15, 0.2) is 5.13 Å². The topological polar surface area (TPSA) is 92.0 Å². The molecule has 0 aliphatic carbocycles. The minimum absolute atomic E-state index is 0.0677. The predicted molar refractivity (Wildman–Crippen MR) is 146 cm³/mol. The molecule has 1 aromatic heterocycles. The molecule has 3 heterocycles. The van der Waals surface area contributed by atoms with Crippen LogP contribution in [0.1, 0.15) is 16.1 Å². The lowest BCUT2D eigenvalue weighted by Gasteiger charge is -2.47. The number of ether oxygens (including phenoxy) is 1. The second-order valence-electron chi connectivity index (χ2n) is 10.0. The molecule has 0 unspecified atom stereocenters. The number of likely N-dealkylation sites (tertiary alicyclic amines) is 1. The lowest BCUT2D eigenvalue weighted by molar-refractivity contribution is -0.136. The number of amides is 2. The zero-order valence-electron chi connectivity index (χ0n) is 21.1. The van der Waals surface area contributed by atoms with Crippen LogP contribution in [-0.4, -0.2) is 73.4 Å². The minimum atomic E-state index is -0.484. The minimum Gasteiger partial charge on any atom is -0.457 e. The van der Waals surface area contributed by atoms with Gasteiger partial charge in [0.05, 0.1) is 5.69 Å². The standard InChI is InChI=1S/C28H31N5O3S/c1-31(2)15-6-9-23(34)33-18-28(19-33)14-16-32(17-28)27-30-24(25(37-27)26(29)35)20-10-12-22(13-11-20)36-21-7-4-3-5-8-21/h3-13H,14-19H2,1-2H3,(H2,29,35)/b9-6+. The molecule has 0 atom stereocenters. The number of aromatic nitrogens is 1. The van der Waals surface area contributed by atoms with Gasteiger partial charge in [0.25, 0.3) is 5.91 Å². The van der Waals surface area contributed by atoms with Gasteiger partial charge in [0.1, 0.15) is 16.4 Å². The summed E-state index contributed by atoms with van der Waals surface area (Å²) in [5, 5.41) is 0.793. The highest BCUT2D eigenvalue weighted by Gasteiger charge is 2.49. The summed E-state index contributed by atoms with van der Waals surface area (Å²) in [6.07, 6.45) is 4.56. The molecule has 2 fully saturated rings. The summed E-state index contributed by atoms with van der Waals surface area (Å²) >= 11 is 1.34. The van der Waals surface area contributed by atoms with Crippen LogP contribution in [-0.2, 0) is 4.79 Å². The van der Waals surface area contributed by atoms with Gasteiger partial charge in [-0.2, -0.15) is 0 Å². The number of hydrogen-bond acceptors (Lipinski definition) is 7. The molecule has 0 bridgehead atoms. The van der Waals surface area contributed by atoms with E-state index in [-0.39, 0.29) is 11.3 Å². The molecule has 2 N–H and O–H groups in total. The van der Waals surface area contributed by atoms with Gasteiger partial charge in [-0.15, -0.1) is 0 Å². The molecule has 9 heteroatoms. The van der Waals surface area contributed by atoms with Crippen molar-refractivity contribution in [2.75, 3.05) is 51.7 Å². The van der Waals surface area contributed by atoms with Crippen LogP contribution in [0.2, 0.25) is 0 Å². The number of hydrogen-bond donors (Lipinski definition) is 1. The number of para-hydroxylation sites is 1. The zero-order valence-corrected chi connectivity index (χ0v) is 21.9. The van der Waals surface area contributed by atoms with E-state index in [1.54, 1.807) is 6.08 Å². The number of anilines is 1. The smallest absolute Gasteiger partial charge is 0.261 e. The number of carbonyl (C=O) groups excluding carboxylic acids is 2. The molecule has 0 radical (unpaired) electrons. The number of primary amides is 1. The van der Waals surface area contributed by atoms with Crippen LogP contribution in [0.3, 0.4) is 0 Å². The lowest BCUT2D eigenvalue weighted by Crippen LogP contribution is -2.59. The molecule has 2 amide bonds. The van der Waals surface area contributed by atoms with Crippen molar-refractivity contribution >= 4 is 28.3 Å². The normalized spacial score (nSPS) is 16.5. The zero-order chi connectivity index (χ0) is 26.0. The molecule has 192 valence electrons. The van der Waals surface area contributed by atoms with Crippen molar-refractivity contribution in [2.45, 2.75) is 6.42 Å². The summed E-state index contributed by atoms with van der Waals surface area (Å²) in [5.74, 6) is 1.04. The van der Waals surface area contributed by atoms with E-state index in [4.69, 9.17) is 15.5 Å². The van der Waals surface area contributed by atoms with Gasteiger partial charge in [0, 0.05) is 49.8 Å². The largest absolute Gasteiger partial charge is 0.457 e. The molecule has 2 aliphatic heterocycles. The van der Waals surface area contributed by atoms with E-state index in [9.17, 15) is 9.59 Å². The van der Waals surface area contributed by atoms with Gasteiger partial charge in [-0.3, -0.25) is 9.59 Å². The highest BCUT2D eigenvalue weighted by atomic mass is 32.1. The number of rotatable bonds is 8. The number of nitrogens with two attached hydrogens (primary N) is 1. The van der Waals surface area contributed by atoms with E-state index < -0.39 is 5.91 Å². The Hall–Kier alpha value is -3.69. The highest BCUT2D eigenvalue weighted by molar-refractivity contribution is 7.18. The number of nitrogens with zero attached hydrogens (tertiary/aromatic N) is 4. The molecular formula is C28H31N5O3S. The average molecular weight is 518 g/mol. The maximum atomic E-state index is 12.4. The fourth-order valence-electron chi connectivity index (χ4n) is 4.86. The Kier molecular flexibility index (Phi) is 6.99. The summed E-state index contributed by atoms with van der Waals surface area (Å²) in [6.45, 7) is 3.90. The van der Waals surface area contributed by atoms with Gasteiger partial charge in [0.2, 0.25) is 5.91 Å². The summed E-state index contributed by atoms with van der Waals surface area (Å²) in [6, 6.07) is 17.1. The summed E-state index contributed by atoms with van der Waals surface area (Å²) in [4.78, 5) is 36.1. The van der Waals surface area contributed by atoms with E-state index in [1.165, 1.54) is 11.3 Å². The first-order valence-electron chi connectivity index (χ1n) is 12.3. The summed E-state index contributed by atoms with van der Waals surface area (Å²) in [5.41, 5.74) is 7.22. The second kappa shape index (κ2) is 10.4. The summed E-state index contributed by atoms with van der Waals surface area (Å²) < 4.78 is 5.88. The van der Waals surface area contributed by atoms with Crippen LogP contribution in [0, 0.1) is 5.41 Å². The highest BCUT2D eigenvalue weighted by Crippen LogP contribution is 2.43. The van der Waals surface area contributed by atoms with Crippen molar-refractivity contribution < 1.29 is 14.3 Å². The van der Waals surface area contributed by atoms with Crippen LogP contribution in [0.5, 0.6) is 11.5 Å². The molecule has 1 spiro atoms. The third kappa shape index (κ3) is 5.52. The fraction of sp³-hybridized carbons (Fsp3) is 0.321. The van der Waals surface area contributed by atoms with E-state index in [0.717, 1.165) is 55.6 Å². The SMILES string of the molecule is CN(C)C/C=C/C(=O)N1CC2(CCN(c3nc(-c4ccc(Oc5ccccc5)cc4)c(C(N)=O)s3)C2)C1. The molecule has 0 saturated carbocycles. The third-order valence-electron chi connectivity index (χ3n) is 6.75. The first-order chi connectivity index (χ1) is 17.8. The Morgan fingerprint density at radius 3 is 2.46 bits per heavy atom. The lowest BCUT2D eigenvalue weighted by atomic mass is 9.79. The van der Waals surface area contributed by atoms with Gasteiger partial charge >= 0.3 is 0 Å². The molecule has 37 heavy (non-hydrogen) atoms. The van der Waals surface area contributed by atoms with E-state index in [1.807, 2.05) is 84.6 Å². The quantitative estimate of drug-likeness (QED) is 0.456. The molecule has 5 rings (SSSR count). The maximum Gasteiger partial charge on any atom is 0.261 e. The van der Waals surface area contributed by atoms with Crippen molar-refractivity contribution in [2.24, 2.45) is 11.1 Å². The van der Waals surface area contributed by atoms with E-state index >= 15 is 0 Å². The first-order valence-corrected chi connectivity index (χ1v) is 13.1. The van der Waals surface area contributed by atoms with Crippen molar-refractivity contribution in [3.8, 4) is 22.8 Å².